The van der Waals surface area contributed by atoms with Crippen LogP contribution in [0.2, 0.25) is 0 Å². The number of amides is 1. The van der Waals surface area contributed by atoms with Crippen LogP contribution in [0.4, 0.5) is 5.82 Å². The predicted octanol–water partition coefficient (Wildman–Crippen LogP) is 3.71. The zero-order chi connectivity index (χ0) is 16.8. The number of carbonyl (C=O) groups is 1. The van der Waals surface area contributed by atoms with Crippen molar-refractivity contribution in [3.63, 3.8) is 0 Å². The van der Waals surface area contributed by atoms with Crippen LogP contribution in [0.5, 0.6) is 0 Å². The van der Waals surface area contributed by atoms with Gasteiger partial charge in [-0.25, -0.2) is 0 Å². The van der Waals surface area contributed by atoms with Gasteiger partial charge in [0.2, 0.25) is 0 Å². The van der Waals surface area contributed by atoms with Crippen molar-refractivity contribution in [3.05, 3.63) is 52.8 Å². The van der Waals surface area contributed by atoms with Crippen LogP contribution >= 0.6 is 0 Å². The van der Waals surface area contributed by atoms with Gasteiger partial charge in [0.1, 0.15) is 0 Å². The van der Waals surface area contributed by atoms with Gasteiger partial charge in [-0.15, -0.1) is 0 Å². The SMILES string of the molecule is Cc1cc(C)c2nc(C3CC3)cc(C(=O)Nc3ccn(C)n3)c2c1. The second-order valence-electron chi connectivity index (χ2n) is 6.68. The molecule has 5 heteroatoms. The number of anilines is 1. The van der Waals surface area contributed by atoms with Crippen molar-refractivity contribution in [2.24, 2.45) is 7.05 Å². The third-order valence-corrected chi connectivity index (χ3v) is 4.46. The molecule has 1 saturated carbocycles. The van der Waals surface area contributed by atoms with Gasteiger partial charge in [0, 0.05) is 36.3 Å². The molecule has 0 radical (unpaired) electrons. The number of aromatic nitrogens is 3. The zero-order valence-corrected chi connectivity index (χ0v) is 14.1. The summed E-state index contributed by atoms with van der Waals surface area (Å²) < 4.78 is 1.67. The molecule has 1 aliphatic rings. The first-order valence-electron chi connectivity index (χ1n) is 8.24. The molecule has 2 aromatic heterocycles. The predicted molar refractivity (Wildman–Crippen MR) is 94.4 cm³/mol. The van der Waals surface area contributed by atoms with Crippen LogP contribution in [0.25, 0.3) is 10.9 Å². The van der Waals surface area contributed by atoms with Crippen LogP contribution in [-0.2, 0) is 7.05 Å². The van der Waals surface area contributed by atoms with Crippen LogP contribution in [0.1, 0.15) is 45.9 Å². The highest BCUT2D eigenvalue weighted by molar-refractivity contribution is 6.12. The van der Waals surface area contributed by atoms with E-state index in [1.165, 1.54) is 0 Å². The number of benzene rings is 1. The second-order valence-corrected chi connectivity index (χ2v) is 6.68. The summed E-state index contributed by atoms with van der Waals surface area (Å²) in [7, 11) is 1.83. The van der Waals surface area contributed by atoms with Gasteiger partial charge >= 0.3 is 0 Å². The van der Waals surface area contributed by atoms with Gasteiger partial charge in [-0.2, -0.15) is 5.10 Å². The quantitative estimate of drug-likeness (QED) is 0.800. The summed E-state index contributed by atoms with van der Waals surface area (Å²) in [4.78, 5) is 17.7. The van der Waals surface area contributed by atoms with Crippen molar-refractivity contribution in [2.75, 3.05) is 5.32 Å². The van der Waals surface area contributed by atoms with Gasteiger partial charge in [0.15, 0.2) is 5.82 Å². The first-order valence-corrected chi connectivity index (χ1v) is 8.24. The molecule has 1 amide bonds. The van der Waals surface area contributed by atoms with Gasteiger partial charge in [-0.1, -0.05) is 11.6 Å². The summed E-state index contributed by atoms with van der Waals surface area (Å²) in [6.07, 6.45) is 4.12. The van der Waals surface area contributed by atoms with E-state index in [1.54, 1.807) is 10.7 Å². The number of fused-ring (bicyclic) bond motifs is 1. The number of hydrogen-bond acceptors (Lipinski definition) is 3. The molecule has 3 aromatic rings. The van der Waals surface area contributed by atoms with Gasteiger partial charge in [0.05, 0.1) is 11.1 Å². The van der Waals surface area contributed by atoms with Crippen LogP contribution in [0, 0.1) is 13.8 Å². The van der Waals surface area contributed by atoms with Crippen LogP contribution in [0.3, 0.4) is 0 Å². The van der Waals surface area contributed by atoms with Gasteiger partial charge in [-0.3, -0.25) is 14.5 Å². The highest BCUT2D eigenvalue weighted by Gasteiger charge is 2.27. The minimum Gasteiger partial charge on any atom is -0.305 e. The number of aryl methyl sites for hydroxylation is 3. The van der Waals surface area contributed by atoms with Crippen molar-refractivity contribution in [3.8, 4) is 0 Å². The number of pyridine rings is 1. The maximum Gasteiger partial charge on any atom is 0.257 e. The van der Waals surface area contributed by atoms with E-state index >= 15 is 0 Å². The molecule has 1 aromatic carbocycles. The zero-order valence-electron chi connectivity index (χ0n) is 14.1. The smallest absolute Gasteiger partial charge is 0.257 e. The van der Waals surface area contributed by atoms with E-state index in [0.717, 1.165) is 40.6 Å². The second kappa shape index (κ2) is 5.44. The van der Waals surface area contributed by atoms with E-state index in [0.29, 0.717) is 17.3 Å². The van der Waals surface area contributed by atoms with Gasteiger partial charge in [-0.05, 0) is 44.4 Å². The fourth-order valence-corrected chi connectivity index (χ4v) is 3.14. The molecule has 1 aliphatic carbocycles. The van der Waals surface area contributed by atoms with E-state index in [4.69, 9.17) is 4.98 Å². The Morgan fingerprint density at radius 3 is 2.71 bits per heavy atom. The third kappa shape index (κ3) is 2.66. The lowest BCUT2D eigenvalue weighted by Gasteiger charge is -2.12. The maximum absolute atomic E-state index is 12.9. The first-order chi connectivity index (χ1) is 11.5. The Labute approximate surface area is 140 Å². The molecule has 24 heavy (non-hydrogen) atoms. The number of nitrogens with zero attached hydrogens (tertiary/aromatic N) is 3. The van der Waals surface area contributed by atoms with Crippen molar-refractivity contribution in [1.82, 2.24) is 14.8 Å². The molecule has 1 N–H and O–H groups in total. The van der Waals surface area contributed by atoms with Crippen LogP contribution in [-0.4, -0.2) is 20.7 Å². The molecule has 2 heterocycles. The van der Waals surface area contributed by atoms with E-state index in [1.807, 2.05) is 32.3 Å². The molecule has 0 saturated heterocycles. The lowest BCUT2D eigenvalue weighted by molar-refractivity contribution is 0.102. The molecule has 4 rings (SSSR count). The van der Waals surface area contributed by atoms with Crippen LogP contribution in [0.15, 0.2) is 30.5 Å². The molecule has 122 valence electrons. The topological polar surface area (TPSA) is 59.8 Å². The molecule has 0 unspecified atom stereocenters. The fraction of sp³-hybridized carbons (Fsp3) is 0.316. The normalized spacial score (nSPS) is 14.1. The summed E-state index contributed by atoms with van der Waals surface area (Å²) in [5.41, 5.74) is 4.88. The number of nitrogens with one attached hydrogen (secondary N) is 1. The lowest BCUT2D eigenvalue weighted by atomic mass is 10.00. The van der Waals surface area contributed by atoms with Gasteiger partial charge in [0.25, 0.3) is 5.91 Å². The molecular formula is C19H20N4O. The maximum atomic E-state index is 12.9. The monoisotopic (exact) mass is 320 g/mol. The summed E-state index contributed by atoms with van der Waals surface area (Å²) in [5, 5.41) is 8.04. The molecular weight excluding hydrogens is 300 g/mol. The Balaban J connectivity index is 1.84. The molecule has 0 spiro atoms. The minimum absolute atomic E-state index is 0.131. The summed E-state index contributed by atoms with van der Waals surface area (Å²) in [6, 6.07) is 7.91. The molecule has 0 aliphatic heterocycles. The highest BCUT2D eigenvalue weighted by atomic mass is 16.1. The molecule has 5 nitrogen and oxygen atoms in total. The molecule has 0 bridgehead atoms. The standard InChI is InChI=1S/C19H20N4O/c1-11-8-12(2)18-14(9-11)15(10-16(20-18)13-4-5-13)19(24)21-17-6-7-23(3)22-17/h6-10,13H,4-5H2,1-3H3,(H,21,22,24). The fourth-order valence-electron chi connectivity index (χ4n) is 3.14. The number of rotatable bonds is 3. The molecule has 0 atom stereocenters. The summed E-state index contributed by atoms with van der Waals surface area (Å²) in [6.45, 7) is 4.10. The Kier molecular flexibility index (Phi) is 3.37. The van der Waals surface area contributed by atoms with Crippen molar-refractivity contribution in [2.45, 2.75) is 32.6 Å². The summed E-state index contributed by atoms with van der Waals surface area (Å²) in [5.74, 6) is 0.925. The Morgan fingerprint density at radius 1 is 1.25 bits per heavy atom. The number of carbonyl (C=O) groups excluding carboxylic acids is 1. The number of hydrogen-bond donors (Lipinski definition) is 1. The largest absolute Gasteiger partial charge is 0.305 e. The average Bonchev–Trinajstić information content (AvgIpc) is 3.30. The first kappa shape index (κ1) is 14.9. The molecule has 1 fully saturated rings. The minimum atomic E-state index is -0.131. The Morgan fingerprint density at radius 2 is 2.04 bits per heavy atom. The average molecular weight is 320 g/mol. The van der Waals surface area contributed by atoms with Crippen LogP contribution < -0.4 is 5.32 Å². The Hall–Kier alpha value is -2.69. The van der Waals surface area contributed by atoms with Gasteiger partial charge < -0.3 is 5.32 Å². The van der Waals surface area contributed by atoms with Crippen molar-refractivity contribution in [1.29, 1.82) is 0 Å². The van der Waals surface area contributed by atoms with E-state index < -0.39 is 0 Å². The highest BCUT2D eigenvalue weighted by Crippen LogP contribution is 2.40. The van der Waals surface area contributed by atoms with Crippen molar-refractivity contribution < 1.29 is 4.79 Å². The van der Waals surface area contributed by atoms with E-state index in [9.17, 15) is 4.79 Å². The third-order valence-electron chi connectivity index (χ3n) is 4.46. The summed E-state index contributed by atoms with van der Waals surface area (Å²) >= 11 is 0. The van der Waals surface area contributed by atoms with E-state index in [2.05, 4.69) is 23.4 Å². The lowest BCUT2D eigenvalue weighted by Crippen LogP contribution is -2.14. The Bertz CT molecular complexity index is 953. The van der Waals surface area contributed by atoms with E-state index in [-0.39, 0.29) is 5.91 Å². The van der Waals surface area contributed by atoms with Crippen molar-refractivity contribution >= 4 is 22.6 Å².